The number of benzene rings is 1. The molecule has 3 unspecified atom stereocenters. The minimum absolute atomic E-state index is 0.0588. The summed E-state index contributed by atoms with van der Waals surface area (Å²) in [5, 5.41) is 8.30. The van der Waals surface area contributed by atoms with Gasteiger partial charge >= 0.3 is 0 Å². The van der Waals surface area contributed by atoms with Crippen LogP contribution >= 0.6 is 0 Å². The van der Waals surface area contributed by atoms with Crippen molar-refractivity contribution in [1.29, 1.82) is 0 Å². The molecule has 1 aromatic rings. The molecule has 24 heavy (non-hydrogen) atoms. The second kappa shape index (κ2) is 5.31. The quantitative estimate of drug-likeness (QED) is 0.853. The van der Waals surface area contributed by atoms with E-state index in [9.17, 15) is 13.6 Å². The smallest absolute Gasteiger partial charge is 0.245 e. The first-order valence-corrected chi connectivity index (χ1v) is 8.28. The average Bonchev–Trinajstić information content (AvgIpc) is 3.19. The van der Waals surface area contributed by atoms with Crippen LogP contribution in [0.15, 0.2) is 28.4 Å². The molecule has 0 radical (unpaired) electrons. The number of rotatable bonds is 3. The van der Waals surface area contributed by atoms with Crippen molar-refractivity contribution in [3.8, 4) is 0 Å². The van der Waals surface area contributed by atoms with Crippen LogP contribution in [0.4, 0.5) is 8.78 Å². The van der Waals surface area contributed by atoms with E-state index in [0.29, 0.717) is 0 Å². The molecule has 2 fully saturated rings. The summed E-state index contributed by atoms with van der Waals surface area (Å²) in [6, 6.07) is 2.87. The van der Waals surface area contributed by atoms with E-state index < -0.39 is 17.7 Å². The van der Waals surface area contributed by atoms with Gasteiger partial charge in [-0.3, -0.25) is 9.69 Å². The number of piperidine rings is 1. The zero-order valence-electron chi connectivity index (χ0n) is 13.7. The molecule has 7 heteroatoms. The van der Waals surface area contributed by atoms with Gasteiger partial charge < -0.3 is 4.90 Å². The second-order valence-corrected chi connectivity index (χ2v) is 7.22. The van der Waals surface area contributed by atoms with Crippen LogP contribution < -0.4 is 0 Å². The van der Waals surface area contributed by atoms with E-state index >= 15 is 0 Å². The molecule has 2 bridgehead atoms. The Labute approximate surface area is 139 Å². The van der Waals surface area contributed by atoms with Crippen molar-refractivity contribution in [2.24, 2.45) is 10.2 Å². The van der Waals surface area contributed by atoms with E-state index in [-0.39, 0.29) is 29.2 Å². The van der Waals surface area contributed by atoms with Gasteiger partial charge in [0.15, 0.2) is 5.66 Å². The van der Waals surface area contributed by atoms with Gasteiger partial charge in [0.1, 0.15) is 17.7 Å². The molecule has 0 aliphatic carbocycles. The highest BCUT2D eigenvalue weighted by molar-refractivity contribution is 5.84. The first-order valence-electron chi connectivity index (χ1n) is 8.28. The Bertz CT molecular complexity index is 678. The van der Waals surface area contributed by atoms with Crippen molar-refractivity contribution >= 4 is 5.91 Å². The van der Waals surface area contributed by atoms with Gasteiger partial charge in [0, 0.05) is 24.9 Å². The maximum atomic E-state index is 14.3. The van der Waals surface area contributed by atoms with Crippen LogP contribution in [0.5, 0.6) is 0 Å². The van der Waals surface area contributed by atoms with Gasteiger partial charge in [0.2, 0.25) is 5.91 Å². The Morgan fingerprint density at radius 2 is 1.75 bits per heavy atom. The minimum Gasteiger partial charge on any atom is -0.335 e. The number of hydrogen-bond donors (Lipinski definition) is 0. The highest BCUT2D eigenvalue weighted by Crippen LogP contribution is 2.50. The highest BCUT2D eigenvalue weighted by atomic mass is 19.1. The summed E-state index contributed by atoms with van der Waals surface area (Å²) in [6.07, 6.45) is 3.27. The maximum Gasteiger partial charge on any atom is 0.245 e. The van der Waals surface area contributed by atoms with Crippen molar-refractivity contribution < 1.29 is 13.6 Å². The van der Waals surface area contributed by atoms with Gasteiger partial charge in [0.05, 0.1) is 5.56 Å². The zero-order valence-corrected chi connectivity index (χ0v) is 13.7. The molecule has 0 N–H and O–H groups in total. The first-order chi connectivity index (χ1) is 11.4. The van der Waals surface area contributed by atoms with Crippen molar-refractivity contribution in [3.63, 3.8) is 0 Å². The van der Waals surface area contributed by atoms with E-state index in [1.807, 2.05) is 4.90 Å². The molecular formula is C17H20F2N4O. The Balaban J connectivity index is 1.66. The molecule has 3 heterocycles. The van der Waals surface area contributed by atoms with Gasteiger partial charge in [-0.2, -0.15) is 10.2 Å². The van der Waals surface area contributed by atoms with Crippen LogP contribution in [0.25, 0.3) is 0 Å². The summed E-state index contributed by atoms with van der Waals surface area (Å²) in [5.74, 6) is -1.60. The van der Waals surface area contributed by atoms with E-state index in [1.54, 1.807) is 19.0 Å². The number of carbonyl (C=O) groups is 1. The van der Waals surface area contributed by atoms with E-state index in [4.69, 9.17) is 0 Å². The summed E-state index contributed by atoms with van der Waals surface area (Å²) >= 11 is 0. The summed E-state index contributed by atoms with van der Waals surface area (Å²) in [4.78, 5) is 16.6. The number of fused-ring (bicyclic) bond motifs is 2. The van der Waals surface area contributed by atoms with Crippen LogP contribution in [0.1, 0.15) is 37.3 Å². The largest absolute Gasteiger partial charge is 0.335 e. The number of amides is 1. The Morgan fingerprint density at radius 1 is 1.21 bits per heavy atom. The van der Waals surface area contributed by atoms with Crippen molar-refractivity contribution in [1.82, 2.24) is 9.80 Å². The lowest BCUT2D eigenvalue weighted by Gasteiger charge is -2.40. The molecule has 1 spiro atoms. The number of nitrogens with zero attached hydrogens (tertiary/aromatic N) is 4. The maximum absolute atomic E-state index is 14.3. The normalized spacial score (nSPS) is 27.8. The van der Waals surface area contributed by atoms with E-state index in [0.717, 1.165) is 25.7 Å². The van der Waals surface area contributed by atoms with Crippen LogP contribution in [0, 0.1) is 11.6 Å². The number of hydrogen-bond acceptors (Lipinski definition) is 4. The van der Waals surface area contributed by atoms with Crippen LogP contribution in [0.3, 0.4) is 0 Å². The molecule has 4 rings (SSSR count). The average molecular weight is 334 g/mol. The summed E-state index contributed by atoms with van der Waals surface area (Å²) in [7, 11) is 3.35. The van der Waals surface area contributed by atoms with Gasteiger partial charge in [-0.05, 0) is 39.1 Å². The fourth-order valence-electron chi connectivity index (χ4n) is 4.31. The minimum atomic E-state index is -0.962. The molecular weight excluding hydrogens is 314 g/mol. The Hall–Kier alpha value is -1.89. The van der Waals surface area contributed by atoms with Crippen molar-refractivity contribution in [2.45, 2.75) is 49.5 Å². The molecule has 3 aliphatic rings. The fourth-order valence-corrected chi connectivity index (χ4v) is 4.31. The van der Waals surface area contributed by atoms with Crippen LogP contribution in [0.2, 0.25) is 0 Å². The lowest BCUT2D eigenvalue weighted by molar-refractivity contribution is -0.141. The molecule has 3 aliphatic heterocycles. The van der Waals surface area contributed by atoms with Gasteiger partial charge in [-0.25, -0.2) is 8.78 Å². The summed E-state index contributed by atoms with van der Waals surface area (Å²) in [5.41, 5.74) is -0.451. The zero-order chi connectivity index (χ0) is 17.1. The SMILES string of the molecule is CN(C)C(C(=O)N1C2CCC1CC1(C2)N=N1)c1c(F)cccc1F. The number of likely N-dealkylation sites (N-methyl/N-ethyl adjacent to an activating group) is 1. The van der Waals surface area contributed by atoms with Gasteiger partial charge in [0.25, 0.3) is 0 Å². The molecule has 0 saturated carbocycles. The molecule has 2 saturated heterocycles. The summed E-state index contributed by atoms with van der Waals surface area (Å²) in [6.45, 7) is 0. The Kier molecular flexibility index (Phi) is 3.46. The Morgan fingerprint density at radius 3 is 2.21 bits per heavy atom. The van der Waals surface area contributed by atoms with Crippen LogP contribution in [-0.4, -0.2) is 47.5 Å². The molecule has 128 valence electrons. The van der Waals surface area contributed by atoms with Crippen LogP contribution in [-0.2, 0) is 4.79 Å². The lowest BCUT2D eigenvalue weighted by atomic mass is 9.92. The third kappa shape index (κ3) is 2.33. The number of carbonyl (C=O) groups excluding carboxylic acids is 1. The molecule has 3 atom stereocenters. The predicted molar refractivity (Wildman–Crippen MR) is 83.3 cm³/mol. The predicted octanol–water partition coefficient (Wildman–Crippen LogP) is 2.88. The lowest BCUT2D eigenvalue weighted by Crippen LogP contribution is -2.52. The molecule has 1 amide bonds. The third-order valence-corrected chi connectivity index (χ3v) is 5.41. The third-order valence-electron chi connectivity index (χ3n) is 5.41. The molecule has 0 aromatic heterocycles. The summed E-state index contributed by atoms with van der Waals surface area (Å²) < 4.78 is 28.5. The van der Waals surface area contributed by atoms with Crippen molar-refractivity contribution in [3.05, 3.63) is 35.4 Å². The fraction of sp³-hybridized carbons (Fsp3) is 0.588. The van der Waals surface area contributed by atoms with Crippen molar-refractivity contribution in [2.75, 3.05) is 14.1 Å². The molecule has 5 nitrogen and oxygen atoms in total. The van der Waals surface area contributed by atoms with Gasteiger partial charge in [-0.15, -0.1) is 0 Å². The topological polar surface area (TPSA) is 48.3 Å². The standard InChI is InChI=1S/C17H20F2N4O/c1-22(2)15(14-12(18)4-3-5-13(14)19)16(24)23-10-6-7-11(23)9-17(8-10)20-21-17/h3-5,10-11,15H,6-9H2,1-2H3. The first kappa shape index (κ1) is 15.6. The number of halogens is 2. The van der Waals surface area contributed by atoms with Gasteiger partial charge in [-0.1, -0.05) is 6.07 Å². The molecule has 1 aromatic carbocycles. The second-order valence-electron chi connectivity index (χ2n) is 7.22. The monoisotopic (exact) mass is 334 g/mol. The van der Waals surface area contributed by atoms with E-state index in [2.05, 4.69) is 10.2 Å². The highest BCUT2D eigenvalue weighted by Gasteiger charge is 2.56. The van der Waals surface area contributed by atoms with E-state index in [1.165, 1.54) is 18.2 Å².